The van der Waals surface area contributed by atoms with Gasteiger partial charge >= 0.3 is 0 Å². The minimum Gasteiger partial charge on any atom is -0.479 e. The largest absolute Gasteiger partial charge is 0.479 e. The van der Waals surface area contributed by atoms with E-state index >= 15 is 0 Å². The Bertz CT molecular complexity index is 731. The molecule has 1 aliphatic carbocycles. The first-order valence-corrected chi connectivity index (χ1v) is 9.84. The second-order valence-corrected chi connectivity index (χ2v) is 7.88. The van der Waals surface area contributed by atoms with E-state index in [0.717, 1.165) is 19.3 Å². The average Bonchev–Trinajstić information content (AvgIpc) is 3.15. The van der Waals surface area contributed by atoms with Crippen LogP contribution in [0.4, 0.5) is 0 Å². The average molecular weight is 393 g/mol. The second-order valence-electron chi connectivity index (χ2n) is 7.88. The van der Waals surface area contributed by atoms with Gasteiger partial charge in [-0.25, -0.2) is 0 Å². The van der Waals surface area contributed by atoms with E-state index in [1.807, 2.05) is 16.7 Å². The van der Waals surface area contributed by atoms with Crippen LogP contribution in [-0.2, 0) is 14.3 Å². The lowest BCUT2D eigenvalue weighted by Gasteiger charge is -2.54. The Morgan fingerprint density at radius 3 is 2.86 bits per heavy atom. The molecule has 4 rings (SSSR count). The summed E-state index contributed by atoms with van der Waals surface area (Å²) in [7, 11) is 1.47. The van der Waals surface area contributed by atoms with E-state index in [-0.39, 0.29) is 47.6 Å². The quantitative estimate of drug-likeness (QED) is 0.756. The number of carbonyl (C=O) groups is 2. The van der Waals surface area contributed by atoms with Crippen molar-refractivity contribution >= 4 is 11.8 Å². The summed E-state index contributed by atoms with van der Waals surface area (Å²) in [6, 6.07) is 1.56. The number of ether oxygens (including phenoxy) is 3. The molecule has 1 unspecified atom stereocenters. The van der Waals surface area contributed by atoms with Crippen LogP contribution in [0.1, 0.15) is 43.2 Å². The van der Waals surface area contributed by atoms with Crippen molar-refractivity contribution in [2.75, 3.05) is 40.0 Å². The van der Waals surface area contributed by atoms with E-state index in [2.05, 4.69) is 5.16 Å². The van der Waals surface area contributed by atoms with Gasteiger partial charge in [0.25, 0.3) is 11.8 Å². The Labute approximate surface area is 163 Å². The predicted molar refractivity (Wildman–Crippen MR) is 97.0 cm³/mol. The van der Waals surface area contributed by atoms with Crippen LogP contribution in [0.25, 0.3) is 0 Å². The minimum atomic E-state index is -0.331. The van der Waals surface area contributed by atoms with Gasteiger partial charge < -0.3 is 28.5 Å². The van der Waals surface area contributed by atoms with Gasteiger partial charge in [0.15, 0.2) is 0 Å². The molecule has 1 spiro atoms. The number of aromatic nitrogens is 1. The molecule has 9 heteroatoms. The van der Waals surface area contributed by atoms with Crippen molar-refractivity contribution in [3.8, 4) is 5.88 Å². The van der Waals surface area contributed by atoms with Crippen LogP contribution in [0.2, 0.25) is 0 Å². The van der Waals surface area contributed by atoms with Crippen LogP contribution in [0.15, 0.2) is 10.6 Å². The van der Waals surface area contributed by atoms with E-state index in [1.165, 1.54) is 13.2 Å². The molecule has 0 bridgehead atoms. The third-order valence-electron chi connectivity index (χ3n) is 6.07. The van der Waals surface area contributed by atoms with E-state index in [1.54, 1.807) is 0 Å². The van der Waals surface area contributed by atoms with Gasteiger partial charge in [0, 0.05) is 13.1 Å². The molecule has 154 valence electrons. The fraction of sp³-hybridized carbons (Fsp3) is 0.737. The standard InChI is InChI=1S/C19H27N3O6/c1-13-11-26-7-6-21(13)17(23)8-14-10-22(19(12-27-14)4-3-5-19)18(24)15-9-16(25-2)20-28-15/h9,13-14H,3-8,10-12H2,1-2H3/t13-,14?/m1/s1. The predicted octanol–water partition coefficient (Wildman–Crippen LogP) is 1.08. The fourth-order valence-corrected chi connectivity index (χ4v) is 4.22. The highest BCUT2D eigenvalue weighted by Crippen LogP contribution is 2.42. The van der Waals surface area contributed by atoms with Gasteiger partial charge in [-0.1, -0.05) is 0 Å². The summed E-state index contributed by atoms with van der Waals surface area (Å²) < 4.78 is 21.6. The Morgan fingerprint density at radius 1 is 1.39 bits per heavy atom. The van der Waals surface area contributed by atoms with Crippen molar-refractivity contribution in [2.45, 2.75) is 50.3 Å². The molecule has 2 aliphatic heterocycles. The first-order chi connectivity index (χ1) is 13.5. The second kappa shape index (κ2) is 7.71. The first-order valence-electron chi connectivity index (χ1n) is 9.84. The molecule has 2 amide bonds. The van der Waals surface area contributed by atoms with Crippen LogP contribution in [0.5, 0.6) is 5.88 Å². The molecule has 2 atom stereocenters. The highest BCUT2D eigenvalue weighted by molar-refractivity contribution is 5.92. The lowest BCUT2D eigenvalue weighted by Crippen LogP contribution is -2.65. The van der Waals surface area contributed by atoms with Gasteiger partial charge in [0.05, 0.1) is 57.1 Å². The van der Waals surface area contributed by atoms with Crippen LogP contribution in [-0.4, -0.2) is 84.5 Å². The van der Waals surface area contributed by atoms with Crippen molar-refractivity contribution in [3.63, 3.8) is 0 Å². The van der Waals surface area contributed by atoms with Crippen molar-refractivity contribution in [2.24, 2.45) is 0 Å². The maximum Gasteiger partial charge on any atom is 0.293 e. The van der Waals surface area contributed by atoms with E-state index in [4.69, 9.17) is 18.7 Å². The third kappa shape index (κ3) is 3.48. The molecule has 1 aromatic heterocycles. The van der Waals surface area contributed by atoms with Crippen LogP contribution in [0, 0.1) is 0 Å². The van der Waals surface area contributed by atoms with E-state index < -0.39 is 0 Å². The zero-order valence-corrected chi connectivity index (χ0v) is 16.4. The topological polar surface area (TPSA) is 94.3 Å². The number of hydrogen-bond donors (Lipinski definition) is 0. The molecule has 1 saturated carbocycles. The molecule has 0 radical (unpaired) electrons. The van der Waals surface area contributed by atoms with Crippen LogP contribution < -0.4 is 4.74 Å². The van der Waals surface area contributed by atoms with Gasteiger partial charge in [-0.15, -0.1) is 0 Å². The van der Waals surface area contributed by atoms with Gasteiger partial charge in [-0.3, -0.25) is 9.59 Å². The zero-order chi connectivity index (χ0) is 19.7. The monoisotopic (exact) mass is 393 g/mol. The molecule has 2 saturated heterocycles. The Morgan fingerprint density at radius 2 is 2.21 bits per heavy atom. The van der Waals surface area contributed by atoms with E-state index in [0.29, 0.717) is 32.9 Å². The summed E-state index contributed by atoms with van der Waals surface area (Å²) >= 11 is 0. The summed E-state index contributed by atoms with van der Waals surface area (Å²) in [4.78, 5) is 29.5. The number of carbonyl (C=O) groups excluding carboxylic acids is 2. The normalized spacial score (nSPS) is 26.8. The number of rotatable bonds is 4. The summed E-state index contributed by atoms with van der Waals surface area (Å²) in [6.45, 7) is 4.50. The molecular weight excluding hydrogens is 366 g/mol. The minimum absolute atomic E-state index is 0.0408. The fourth-order valence-electron chi connectivity index (χ4n) is 4.22. The molecule has 3 aliphatic rings. The smallest absolute Gasteiger partial charge is 0.293 e. The van der Waals surface area contributed by atoms with Crippen molar-refractivity contribution < 1.29 is 28.3 Å². The number of amides is 2. The van der Waals surface area contributed by atoms with Crippen molar-refractivity contribution in [1.29, 1.82) is 0 Å². The molecule has 9 nitrogen and oxygen atoms in total. The lowest BCUT2D eigenvalue weighted by molar-refractivity contribution is -0.153. The van der Waals surface area contributed by atoms with Gasteiger partial charge in [-0.05, 0) is 31.3 Å². The van der Waals surface area contributed by atoms with Gasteiger partial charge in [0.2, 0.25) is 11.7 Å². The Kier molecular flexibility index (Phi) is 5.29. The number of morpholine rings is 2. The number of nitrogens with zero attached hydrogens (tertiary/aromatic N) is 3. The van der Waals surface area contributed by atoms with Crippen molar-refractivity contribution in [3.05, 3.63) is 11.8 Å². The number of hydrogen-bond acceptors (Lipinski definition) is 7. The molecule has 3 fully saturated rings. The van der Waals surface area contributed by atoms with Gasteiger partial charge in [0.1, 0.15) is 0 Å². The van der Waals surface area contributed by atoms with Crippen LogP contribution in [0.3, 0.4) is 0 Å². The molecule has 0 N–H and O–H groups in total. The van der Waals surface area contributed by atoms with E-state index in [9.17, 15) is 9.59 Å². The molecule has 28 heavy (non-hydrogen) atoms. The summed E-state index contributed by atoms with van der Waals surface area (Å²) in [5.74, 6) is 0.235. The molecule has 0 aromatic carbocycles. The molecule has 1 aromatic rings. The molecule has 3 heterocycles. The highest BCUT2D eigenvalue weighted by atomic mass is 16.5. The third-order valence-corrected chi connectivity index (χ3v) is 6.07. The summed E-state index contributed by atoms with van der Waals surface area (Å²) in [6.07, 6.45) is 2.77. The number of methoxy groups -OCH3 is 1. The maximum atomic E-state index is 13.1. The summed E-state index contributed by atoms with van der Waals surface area (Å²) in [5, 5.41) is 3.73. The van der Waals surface area contributed by atoms with Crippen molar-refractivity contribution in [1.82, 2.24) is 15.0 Å². The highest BCUT2D eigenvalue weighted by Gasteiger charge is 2.50. The lowest BCUT2D eigenvalue weighted by atomic mass is 9.74. The maximum absolute atomic E-state index is 13.1. The SMILES string of the molecule is COc1cc(C(=O)N2CC(CC(=O)N3CCOC[C@H]3C)OCC23CCC3)on1. The Balaban J connectivity index is 1.45. The molecular formula is C19H27N3O6. The zero-order valence-electron chi connectivity index (χ0n) is 16.4. The van der Waals surface area contributed by atoms with Crippen LogP contribution >= 0.6 is 0 Å². The summed E-state index contributed by atoms with van der Waals surface area (Å²) in [5.41, 5.74) is -0.303. The van der Waals surface area contributed by atoms with Gasteiger partial charge in [-0.2, -0.15) is 0 Å². The Hall–Kier alpha value is -2.13. The first kappa shape index (κ1) is 19.2.